The lowest BCUT2D eigenvalue weighted by molar-refractivity contribution is -0.152. The number of hydrogen-bond donors (Lipinski definition) is 2. The molecule has 2 aromatic carbocycles. The average molecular weight is 940 g/mol. The number of rotatable bonds is 16. The van der Waals surface area contributed by atoms with E-state index in [9.17, 15) is 29.1 Å². The number of likely N-dealkylation sites (tertiary alicyclic amines) is 1. The summed E-state index contributed by atoms with van der Waals surface area (Å²) in [4.78, 5) is 89.0. The number of hydrogen-bond acceptors (Lipinski definition) is 13. The van der Waals surface area contributed by atoms with E-state index in [0.717, 1.165) is 25.7 Å². The Morgan fingerprint density at radius 2 is 1.86 bits per heavy atom. The number of carbonyl (C=O) groups excluding carboxylic acids is 5. The van der Waals surface area contributed by atoms with Crippen LogP contribution in [0.1, 0.15) is 104 Å². The molecular weight excluding hydrogens is 883 g/mol. The standard InChI is InChI=1S/C50H57N11O8/c1-4-32-15-20-39(43(28-32)68-3)53-50-52-29-42-46(54-50)61(36-12-5-6-13-36)41(48(66)57(42)2)23-24-59-44(63)22-21-40(49(59)67)60-30-38-33(11-9-14-37(38)47(60)65)10-7-8-26-69-27-25-58(45(64)31-62)35-18-16-34(17-19-35)55-56-51/h1,9,11,14-15,20,28-29,34-36,40-41,62H,5-6,8,12-13,16-19,21-27,30-31H2,2-3H3,(H,52,53,54)/t34?,35?,40?,41-/m1/s1. The van der Waals surface area contributed by atoms with Crippen LogP contribution in [0.15, 0.2) is 47.7 Å². The topological polar surface area (TPSA) is 227 Å². The van der Waals surface area contributed by atoms with Crippen molar-refractivity contribution in [3.8, 4) is 29.9 Å². The minimum absolute atomic E-state index is 0.00116. The monoisotopic (exact) mass is 939 g/mol. The molecule has 8 rings (SSSR count). The summed E-state index contributed by atoms with van der Waals surface area (Å²) in [6.45, 7) is 0.423. The summed E-state index contributed by atoms with van der Waals surface area (Å²) in [5, 5.41) is 16.6. The number of ether oxygens (including phenoxy) is 2. The van der Waals surface area contributed by atoms with E-state index < -0.39 is 24.6 Å². The number of imide groups is 1. The molecule has 4 heterocycles. The van der Waals surface area contributed by atoms with Gasteiger partial charge < -0.3 is 39.5 Å². The summed E-state index contributed by atoms with van der Waals surface area (Å²) in [7, 11) is 3.23. The smallest absolute Gasteiger partial charge is 0.255 e. The van der Waals surface area contributed by atoms with Gasteiger partial charge >= 0.3 is 0 Å². The molecule has 1 aromatic heterocycles. The van der Waals surface area contributed by atoms with Gasteiger partial charge in [0.15, 0.2) is 5.82 Å². The number of carbonyl (C=O) groups is 5. The van der Waals surface area contributed by atoms with Crippen LogP contribution in [0.2, 0.25) is 0 Å². The Morgan fingerprint density at radius 3 is 2.59 bits per heavy atom. The van der Waals surface area contributed by atoms with Gasteiger partial charge in [0.25, 0.3) is 11.8 Å². The summed E-state index contributed by atoms with van der Waals surface area (Å²) in [5.74, 6) is 8.61. The quantitative estimate of drug-likeness (QED) is 0.0480. The summed E-state index contributed by atoms with van der Waals surface area (Å²) in [6, 6.07) is 8.89. The maximum atomic E-state index is 14.4. The highest BCUT2D eigenvalue weighted by atomic mass is 16.5. The van der Waals surface area contributed by atoms with Crippen molar-refractivity contribution in [1.82, 2.24) is 24.7 Å². The molecule has 3 aromatic rings. The lowest BCUT2D eigenvalue weighted by atomic mass is 9.90. The van der Waals surface area contributed by atoms with Crippen LogP contribution in [-0.4, -0.2) is 137 Å². The van der Waals surface area contributed by atoms with Gasteiger partial charge in [-0.15, -0.1) is 6.42 Å². The first kappa shape index (κ1) is 48.3. The molecule has 2 aliphatic carbocycles. The molecule has 19 heteroatoms. The number of anilines is 4. The number of aliphatic hydroxyl groups excluding tert-OH is 1. The molecule has 1 saturated heterocycles. The molecule has 5 aliphatic rings. The van der Waals surface area contributed by atoms with E-state index in [-0.39, 0.29) is 80.7 Å². The van der Waals surface area contributed by atoms with Crippen LogP contribution in [0.25, 0.3) is 10.4 Å². The van der Waals surface area contributed by atoms with Gasteiger partial charge in [-0.25, -0.2) is 4.98 Å². The lowest BCUT2D eigenvalue weighted by Gasteiger charge is -2.44. The second-order valence-corrected chi connectivity index (χ2v) is 17.9. The minimum atomic E-state index is -0.875. The molecule has 0 spiro atoms. The number of aliphatic hydroxyl groups is 1. The number of methoxy groups -OCH3 is 1. The Morgan fingerprint density at radius 1 is 1.06 bits per heavy atom. The van der Waals surface area contributed by atoms with Crippen LogP contribution in [0.4, 0.5) is 23.1 Å². The fourth-order valence-corrected chi connectivity index (χ4v) is 10.4. The Balaban J connectivity index is 0.904. The van der Waals surface area contributed by atoms with Gasteiger partial charge in [0, 0.05) is 79.3 Å². The Kier molecular flexibility index (Phi) is 15.3. The molecule has 5 amide bonds. The van der Waals surface area contributed by atoms with Crippen molar-refractivity contribution in [1.29, 1.82) is 0 Å². The number of azide groups is 1. The summed E-state index contributed by atoms with van der Waals surface area (Å²) in [6.07, 6.45) is 14.4. The Labute approximate surface area is 401 Å². The Hall–Kier alpha value is -7.18. The van der Waals surface area contributed by atoms with Crippen molar-refractivity contribution in [2.75, 3.05) is 62.2 Å². The largest absolute Gasteiger partial charge is 0.495 e. The number of piperidine rings is 1. The maximum absolute atomic E-state index is 14.4. The number of amides is 5. The SMILES string of the molecule is C#Cc1ccc(Nc2ncc3c(n2)N(C2CCCC2)[C@H](CCN2C(=O)CCC(N4Cc5c(C#CCCOCCN(C(=O)CO)C6CCC(N=[N+]=[N-])CC6)cccc5C4=O)C2=O)C(=O)N3C)c(OC)c1. The minimum Gasteiger partial charge on any atom is -0.495 e. The van der Waals surface area contributed by atoms with Gasteiger partial charge in [0.1, 0.15) is 30.1 Å². The van der Waals surface area contributed by atoms with Crippen molar-refractivity contribution >= 4 is 52.7 Å². The van der Waals surface area contributed by atoms with E-state index in [1.165, 1.54) is 14.7 Å². The van der Waals surface area contributed by atoms with Crippen LogP contribution in [0.3, 0.4) is 0 Å². The zero-order chi connectivity index (χ0) is 48.6. The molecule has 3 aliphatic heterocycles. The number of nitrogens with zero attached hydrogens (tertiary/aromatic N) is 10. The van der Waals surface area contributed by atoms with E-state index in [4.69, 9.17) is 26.4 Å². The van der Waals surface area contributed by atoms with Crippen LogP contribution >= 0.6 is 0 Å². The van der Waals surface area contributed by atoms with E-state index >= 15 is 0 Å². The number of fused-ring (bicyclic) bond motifs is 2. The second kappa shape index (κ2) is 21.8. The van der Waals surface area contributed by atoms with Gasteiger partial charge in [-0.3, -0.25) is 28.9 Å². The predicted octanol–water partition coefficient (Wildman–Crippen LogP) is 5.07. The van der Waals surface area contributed by atoms with Crippen molar-refractivity contribution in [2.45, 2.75) is 114 Å². The Bertz CT molecular complexity index is 2620. The third-order valence-corrected chi connectivity index (χ3v) is 14.0. The van der Waals surface area contributed by atoms with Crippen molar-refractivity contribution in [2.24, 2.45) is 5.11 Å². The van der Waals surface area contributed by atoms with E-state index in [2.05, 4.69) is 43.0 Å². The summed E-state index contributed by atoms with van der Waals surface area (Å²) >= 11 is 0. The van der Waals surface area contributed by atoms with E-state index in [1.807, 2.05) is 6.07 Å². The van der Waals surface area contributed by atoms with Crippen molar-refractivity contribution < 1.29 is 38.6 Å². The van der Waals surface area contributed by atoms with E-state index in [1.54, 1.807) is 55.6 Å². The van der Waals surface area contributed by atoms with Crippen LogP contribution in [0.5, 0.6) is 5.75 Å². The van der Waals surface area contributed by atoms with Gasteiger partial charge in [0.2, 0.25) is 23.7 Å². The molecule has 3 fully saturated rings. The number of likely N-dealkylation sites (N-methyl/N-ethyl adjacent to an activating group) is 1. The zero-order valence-electron chi connectivity index (χ0n) is 39.0. The molecule has 69 heavy (non-hydrogen) atoms. The molecule has 2 N–H and O–H groups in total. The molecular formula is C50H57N11O8. The highest BCUT2D eigenvalue weighted by molar-refractivity contribution is 6.07. The highest BCUT2D eigenvalue weighted by Crippen LogP contribution is 2.41. The number of aromatic nitrogens is 2. The molecule has 2 saturated carbocycles. The van der Waals surface area contributed by atoms with Crippen LogP contribution < -0.4 is 19.9 Å². The van der Waals surface area contributed by atoms with Gasteiger partial charge in [-0.05, 0) is 92.8 Å². The van der Waals surface area contributed by atoms with Crippen molar-refractivity contribution in [3.63, 3.8) is 0 Å². The van der Waals surface area contributed by atoms with E-state index in [0.29, 0.717) is 96.4 Å². The number of terminal acetylenes is 1. The maximum Gasteiger partial charge on any atom is 0.255 e. The van der Waals surface area contributed by atoms with Gasteiger partial charge in [-0.1, -0.05) is 41.8 Å². The molecule has 360 valence electrons. The number of nitrogens with one attached hydrogen (secondary N) is 1. The van der Waals surface area contributed by atoms with Gasteiger partial charge in [-0.2, -0.15) is 4.98 Å². The lowest BCUT2D eigenvalue weighted by Crippen LogP contribution is -2.58. The second-order valence-electron chi connectivity index (χ2n) is 17.9. The zero-order valence-corrected chi connectivity index (χ0v) is 39.0. The predicted molar refractivity (Wildman–Crippen MR) is 255 cm³/mol. The van der Waals surface area contributed by atoms with Crippen molar-refractivity contribution in [3.05, 3.63) is 75.3 Å². The fourth-order valence-electron chi connectivity index (χ4n) is 10.4. The first-order valence-electron chi connectivity index (χ1n) is 23.7. The third kappa shape index (κ3) is 10.3. The molecule has 0 radical (unpaired) electrons. The van der Waals surface area contributed by atoms with Gasteiger partial charge in [0.05, 0.1) is 32.2 Å². The van der Waals surface area contributed by atoms with Crippen LogP contribution in [-0.2, 0) is 30.5 Å². The molecule has 1 unspecified atom stereocenters. The molecule has 0 bridgehead atoms. The molecule has 2 atom stereocenters. The first-order chi connectivity index (χ1) is 33.5. The fraction of sp³-hybridized carbons (Fsp3) is 0.500. The average Bonchev–Trinajstić information content (AvgIpc) is 4.02. The highest BCUT2D eigenvalue weighted by Gasteiger charge is 2.46. The number of benzene rings is 2. The normalized spacial score (nSPS) is 21.2. The van der Waals surface area contributed by atoms with Crippen LogP contribution in [0, 0.1) is 24.2 Å². The molecule has 19 nitrogen and oxygen atoms in total. The first-order valence-corrected chi connectivity index (χ1v) is 23.7. The summed E-state index contributed by atoms with van der Waals surface area (Å²) < 4.78 is 11.4. The summed E-state index contributed by atoms with van der Waals surface area (Å²) in [5.41, 5.74) is 12.4. The third-order valence-electron chi connectivity index (χ3n) is 14.0.